The van der Waals surface area contributed by atoms with Crippen LogP contribution in [0.25, 0.3) is 0 Å². The molecule has 0 aliphatic carbocycles. The van der Waals surface area contributed by atoms with Gasteiger partial charge in [-0.25, -0.2) is 0 Å². The summed E-state index contributed by atoms with van der Waals surface area (Å²) in [6.07, 6.45) is 2.98. The number of amides is 1. The highest BCUT2D eigenvalue weighted by Crippen LogP contribution is 2.03. The molecule has 11 heavy (non-hydrogen) atoms. The number of aryl methyl sites for hydroxylation is 1. The zero-order valence-corrected chi connectivity index (χ0v) is 5.90. The molecule has 1 amide bonds. The van der Waals surface area contributed by atoms with Crippen molar-refractivity contribution in [2.45, 2.75) is 13.0 Å². The van der Waals surface area contributed by atoms with Gasteiger partial charge in [0.1, 0.15) is 0 Å². The molecule has 0 atom stereocenters. The number of hydrogen-bond acceptors (Lipinski definition) is 3. The van der Waals surface area contributed by atoms with E-state index in [9.17, 15) is 4.79 Å². The first-order valence-corrected chi connectivity index (χ1v) is 3.18. The van der Waals surface area contributed by atoms with Crippen molar-refractivity contribution in [1.29, 1.82) is 0 Å². The van der Waals surface area contributed by atoms with Crippen LogP contribution in [0.4, 0.5) is 0 Å². The minimum atomic E-state index is -0.375. The molecule has 5 nitrogen and oxygen atoms in total. The van der Waals surface area contributed by atoms with Gasteiger partial charge in [0.15, 0.2) is 5.75 Å². The van der Waals surface area contributed by atoms with Gasteiger partial charge in [0.05, 0.1) is 12.4 Å². The molecule has 0 aliphatic heterocycles. The highest BCUT2D eigenvalue weighted by atomic mass is 16.3. The predicted molar refractivity (Wildman–Crippen MR) is 37.7 cm³/mol. The number of nitrogens with two attached hydrogens (primary N) is 1. The largest absolute Gasteiger partial charge is 0.505 e. The number of aromatic hydroxyl groups is 1. The SMILES string of the molecule is NC(=O)CCn1cc(O)cn1. The third-order valence-corrected chi connectivity index (χ3v) is 1.21. The predicted octanol–water partition coefficient (Wildman–Crippen LogP) is -0.536. The summed E-state index contributed by atoms with van der Waals surface area (Å²) >= 11 is 0. The van der Waals surface area contributed by atoms with Gasteiger partial charge in [-0.3, -0.25) is 9.48 Å². The lowest BCUT2D eigenvalue weighted by atomic mass is 10.4. The number of primary amides is 1. The molecule has 0 fully saturated rings. The van der Waals surface area contributed by atoms with Gasteiger partial charge in [-0.05, 0) is 0 Å². The molecule has 0 unspecified atom stereocenters. The third kappa shape index (κ3) is 2.29. The van der Waals surface area contributed by atoms with Crippen molar-refractivity contribution in [3.8, 4) is 5.75 Å². The fraction of sp³-hybridized carbons (Fsp3) is 0.333. The van der Waals surface area contributed by atoms with E-state index in [1.165, 1.54) is 17.1 Å². The molecule has 0 aromatic carbocycles. The maximum Gasteiger partial charge on any atom is 0.219 e. The second-order valence-corrected chi connectivity index (χ2v) is 2.18. The summed E-state index contributed by atoms with van der Waals surface area (Å²) in [6, 6.07) is 0. The minimum absolute atomic E-state index is 0.0921. The van der Waals surface area contributed by atoms with Crippen molar-refractivity contribution < 1.29 is 9.90 Å². The highest BCUT2D eigenvalue weighted by Gasteiger charge is 1.97. The average Bonchev–Trinajstić information content (AvgIpc) is 2.31. The Balaban J connectivity index is 2.45. The lowest BCUT2D eigenvalue weighted by Crippen LogP contribution is -2.13. The van der Waals surface area contributed by atoms with E-state index in [0.717, 1.165) is 0 Å². The van der Waals surface area contributed by atoms with Crippen molar-refractivity contribution in [2.24, 2.45) is 5.73 Å². The second kappa shape index (κ2) is 3.05. The first kappa shape index (κ1) is 7.59. The zero-order chi connectivity index (χ0) is 8.27. The van der Waals surface area contributed by atoms with Crippen molar-refractivity contribution >= 4 is 5.91 Å². The monoisotopic (exact) mass is 155 g/mol. The topological polar surface area (TPSA) is 81.1 Å². The standard InChI is InChI=1S/C6H9N3O2/c7-6(11)1-2-9-4-5(10)3-8-9/h3-4,10H,1-2H2,(H2,7,11). The number of nitrogens with zero attached hydrogens (tertiary/aromatic N) is 2. The van der Waals surface area contributed by atoms with Crippen LogP contribution >= 0.6 is 0 Å². The lowest BCUT2D eigenvalue weighted by Gasteiger charge is -1.95. The Hall–Kier alpha value is -1.52. The molecule has 1 heterocycles. The second-order valence-electron chi connectivity index (χ2n) is 2.18. The first-order valence-electron chi connectivity index (χ1n) is 3.18. The quantitative estimate of drug-likeness (QED) is 0.615. The van der Waals surface area contributed by atoms with Crippen LogP contribution in [-0.2, 0) is 11.3 Å². The number of rotatable bonds is 3. The molecule has 0 aliphatic rings. The molecular weight excluding hydrogens is 146 g/mol. The van der Waals surface area contributed by atoms with Crippen molar-refractivity contribution in [2.75, 3.05) is 0 Å². The van der Waals surface area contributed by atoms with E-state index in [1.807, 2.05) is 0 Å². The summed E-state index contributed by atoms with van der Waals surface area (Å²) in [5.74, 6) is -0.283. The summed E-state index contributed by atoms with van der Waals surface area (Å²) in [5.41, 5.74) is 4.90. The van der Waals surface area contributed by atoms with E-state index in [4.69, 9.17) is 10.8 Å². The summed E-state index contributed by atoms with van der Waals surface area (Å²) < 4.78 is 1.46. The Morgan fingerprint density at radius 2 is 2.55 bits per heavy atom. The fourth-order valence-corrected chi connectivity index (χ4v) is 0.700. The van der Waals surface area contributed by atoms with Crippen LogP contribution in [0.2, 0.25) is 0 Å². The lowest BCUT2D eigenvalue weighted by molar-refractivity contribution is -0.118. The van der Waals surface area contributed by atoms with Crippen LogP contribution in [0.15, 0.2) is 12.4 Å². The Bertz CT molecular complexity index is 256. The highest BCUT2D eigenvalue weighted by molar-refractivity contribution is 5.73. The molecule has 1 aromatic rings. The van der Waals surface area contributed by atoms with Crippen LogP contribution in [0.1, 0.15) is 6.42 Å². The molecule has 0 bridgehead atoms. The smallest absolute Gasteiger partial charge is 0.219 e. The Labute approximate surface area is 63.4 Å². The zero-order valence-electron chi connectivity index (χ0n) is 5.90. The normalized spacial score (nSPS) is 9.82. The van der Waals surface area contributed by atoms with Gasteiger partial charge in [0.25, 0.3) is 0 Å². The van der Waals surface area contributed by atoms with Gasteiger partial charge in [-0.1, -0.05) is 0 Å². The first-order chi connectivity index (χ1) is 5.18. The van der Waals surface area contributed by atoms with E-state index < -0.39 is 0 Å². The summed E-state index contributed by atoms with van der Waals surface area (Å²) in [6.45, 7) is 0.413. The number of carbonyl (C=O) groups excluding carboxylic acids is 1. The van der Waals surface area contributed by atoms with Crippen LogP contribution in [-0.4, -0.2) is 20.8 Å². The molecule has 60 valence electrons. The van der Waals surface area contributed by atoms with Gasteiger partial charge < -0.3 is 10.8 Å². The van der Waals surface area contributed by atoms with Gasteiger partial charge >= 0.3 is 0 Å². The summed E-state index contributed by atoms with van der Waals surface area (Å²) in [4.78, 5) is 10.3. The minimum Gasteiger partial charge on any atom is -0.505 e. The molecule has 5 heteroatoms. The van der Waals surface area contributed by atoms with E-state index in [1.54, 1.807) is 0 Å². The molecule has 0 saturated heterocycles. The number of carbonyl (C=O) groups is 1. The number of hydrogen-bond donors (Lipinski definition) is 2. The maximum absolute atomic E-state index is 10.3. The Kier molecular flexibility index (Phi) is 2.10. The molecular formula is C6H9N3O2. The fourth-order valence-electron chi connectivity index (χ4n) is 0.700. The number of aromatic nitrogens is 2. The summed E-state index contributed by atoms with van der Waals surface area (Å²) in [7, 11) is 0. The van der Waals surface area contributed by atoms with Crippen LogP contribution < -0.4 is 5.73 Å². The molecule has 0 saturated carbocycles. The molecule has 0 radical (unpaired) electrons. The van der Waals surface area contributed by atoms with Crippen molar-refractivity contribution in [3.05, 3.63) is 12.4 Å². The third-order valence-electron chi connectivity index (χ3n) is 1.21. The Morgan fingerprint density at radius 1 is 1.82 bits per heavy atom. The van der Waals surface area contributed by atoms with Crippen LogP contribution in [0, 0.1) is 0 Å². The maximum atomic E-state index is 10.3. The van der Waals surface area contributed by atoms with E-state index in [2.05, 4.69) is 5.10 Å². The van der Waals surface area contributed by atoms with Gasteiger partial charge in [-0.15, -0.1) is 0 Å². The molecule has 3 N–H and O–H groups in total. The molecule has 1 aromatic heterocycles. The van der Waals surface area contributed by atoms with E-state index in [0.29, 0.717) is 6.54 Å². The average molecular weight is 155 g/mol. The molecule has 0 spiro atoms. The van der Waals surface area contributed by atoms with Crippen LogP contribution in [0.3, 0.4) is 0 Å². The van der Waals surface area contributed by atoms with Gasteiger partial charge in [-0.2, -0.15) is 5.10 Å². The van der Waals surface area contributed by atoms with Crippen molar-refractivity contribution in [1.82, 2.24) is 9.78 Å². The van der Waals surface area contributed by atoms with Crippen molar-refractivity contribution in [3.63, 3.8) is 0 Å². The Morgan fingerprint density at radius 3 is 3.00 bits per heavy atom. The van der Waals surface area contributed by atoms with E-state index >= 15 is 0 Å². The van der Waals surface area contributed by atoms with Crippen LogP contribution in [0.5, 0.6) is 5.75 Å². The van der Waals surface area contributed by atoms with Gasteiger partial charge in [0.2, 0.25) is 5.91 Å². The summed E-state index contributed by atoms with van der Waals surface area (Å²) in [5, 5.41) is 12.6. The van der Waals surface area contributed by atoms with Gasteiger partial charge in [0, 0.05) is 13.0 Å². The van der Waals surface area contributed by atoms with E-state index in [-0.39, 0.29) is 18.1 Å². The molecule has 1 rings (SSSR count).